The summed E-state index contributed by atoms with van der Waals surface area (Å²) >= 11 is 4.91. The Labute approximate surface area is 151 Å². The first-order chi connectivity index (χ1) is 11.5. The molecular formula is C17H15BrN4OS. The Hall–Kier alpha value is -1.86. The molecule has 0 aromatic carbocycles. The molecule has 24 heavy (non-hydrogen) atoms. The molecule has 0 aliphatic carbocycles. The van der Waals surface area contributed by atoms with Crippen LogP contribution in [0.4, 0.5) is 0 Å². The summed E-state index contributed by atoms with van der Waals surface area (Å²) in [6.07, 6.45) is 2.51. The Morgan fingerprint density at radius 1 is 1.29 bits per heavy atom. The molecule has 0 saturated heterocycles. The van der Waals surface area contributed by atoms with E-state index in [1.54, 1.807) is 6.20 Å². The zero-order chi connectivity index (χ0) is 16.8. The van der Waals surface area contributed by atoms with Crippen molar-refractivity contribution in [3.8, 4) is 0 Å². The molecule has 0 fully saturated rings. The van der Waals surface area contributed by atoms with Gasteiger partial charge in [-0.1, -0.05) is 0 Å². The molecule has 3 aromatic heterocycles. The van der Waals surface area contributed by atoms with Gasteiger partial charge in [0, 0.05) is 41.3 Å². The summed E-state index contributed by atoms with van der Waals surface area (Å²) in [4.78, 5) is 28.8. The SMILES string of the molecule is Cc1nc(C)c(C(=O)N2CCc3nc4ncc(Br)cc4cc3C2)s1. The van der Waals surface area contributed by atoms with E-state index in [2.05, 4.69) is 36.9 Å². The zero-order valence-corrected chi connectivity index (χ0v) is 15.7. The number of aryl methyl sites for hydroxylation is 2. The van der Waals surface area contributed by atoms with Gasteiger partial charge in [0.1, 0.15) is 4.88 Å². The third kappa shape index (κ3) is 2.71. The summed E-state index contributed by atoms with van der Waals surface area (Å²) in [5, 5.41) is 1.92. The van der Waals surface area contributed by atoms with Gasteiger partial charge < -0.3 is 4.90 Å². The number of amides is 1. The molecular weight excluding hydrogens is 388 g/mol. The number of halogens is 1. The topological polar surface area (TPSA) is 59.0 Å². The number of aromatic nitrogens is 3. The molecule has 4 heterocycles. The van der Waals surface area contributed by atoms with Crippen LogP contribution in [0.1, 0.15) is 31.6 Å². The van der Waals surface area contributed by atoms with Crippen molar-refractivity contribution in [2.45, 2.75) is 26.8 Å². The van der Waals surface area contributed by atoms with Crippen molar-refractivity contribution in [2.75, 3.05) is 6.54 Å². The summed E-state index contributed by atoms with van der Waals surface area (Å²) in [5.41, 5.74) is 3.71. The fourth-order valence-electron chi connectivity index (χ4n) is 3.04. The Balaban J connectivity index is 1.67. The van der Waals surface area contributed by atoms with E-state index < -0.39 is 0 Å². The largest absolute Gasteiger partial charge is 0.333 e. The molecule has 4 rings (SSSR count). The van der Waals surface area contributed by atoms with Crippen molar-refractivity contribution >= 4 is 44.2 Å². The molecule has 1 aliphatic rings. The fourth-order valence-corrected chi connectivity index (χ4v) is 4.28. The number of fused-ring (bicyclic) bond motifs is 2. The number of rotatable bonds is 1. The van der Waals surface area contributed by atoms with Gasteiger partial charge in [0.05, 0.1) is 10.7 Å². The molecule has 1 amide bonds. The molecule has 1 aliphatic heterocycles. The smallest absolute Gasteiger partial charge is 0.266 e. The van der Waals surface area contributed by atoms with Gasteiger partial charge in [0.25, 0.3) is 5.91 Å². The number of thiazole rings is 1. The van der Waals surface area contributed by atoms with Crippen LogP contribution in [0.2, 0.25) is 0 Å². The standard InChI is InChI=1S/C17H15BrN4OS/c1-9-15(24-10(2)20-9)17(23)22-4-3-14-12(8-22)5-11-6-13(18)7-19-16(11)21-14/h5-7H,3-4,8H2,1-2H3. The summed E-state index contributed by atoms with van der Waals surface area (Å²) < 4.78 is 0.927. The van der Waals surface area contributed by atoms with E-state index in [1.165, 1.54) is 11.3 Å². The Morgan fingerprint density at radius 3 is 2.88 bits per heavy atom. The van der Waals surface area contributed by atoms with Gasteiger partial charge in [-0.15, -0.1) is 11.3 Å². The van der Waals surface area contributed by atoms with Gasteiger partial charge in [-0.25, -0.2) is 15.0 Å². The minimum atomic E-state index is 0.0659. The van der Waals surface area contributed by atoms with Crippen LogP contribution in [0, 0.1) is 13.8 Å². The highest BCUT2D eigenvalue weighted by atomic mass is 79.9. The van der Waals surface area contributed by atoms with E-state index in [1.807, 2.05) is 24.8 Å². The second kappa shape index (κ2) is 5.89. The van der Waals surface area contributed by atoms with Crippen molar-refractivity contribution in [1.29, 1.82) is 0 Å². The first-order valence-corrected chi connectivity index (χ1v) is 9.29. The van der Waals surface area contributed by atoms with E-state index in [0.29, 0.717) is 13.1 Å². The molecule has 0 unspecified atom stereocenters. The lowest BCUT2D eigenvalue weighted by Gasteiger charge is -2.28. The molecule has 0 spiro atoms. The van der Waals surface area contributed by atoms with E-state index >= 15 is 0 Å². The molecule has 5 nitrogen and oxygen atoms in total. The van der Waals surface area contributed by atoms with Gasteiger partial charge in [0.15, 0.2) is 5.65 Å². The average molecular weight is 403 g/mol. The molecule has 0 atom stereocenters. The lowest BCUT2D eigenvalue weighted by atomic mass is 10.0. The van der Waals surface area contributed by atoms with Gasteiger partial charge in [-0.3, -0.25) is 4.79 Å². The summed E-state index contributed by atoms with van der Waals surface area (Å²) in [6, 6.07) is 4.10. The Kier molecular flexibility index (Phi) is 3.85. The van der Waals surface area contributed by atoms with Crippen molar-refractivity contribution in [1.82, 2.24) is 19.9 Å². The van der Waals surface area contributed by atoms with E-state index in [9.17, 15) is 4.79 Å². The molecule has 0 bridgehead atoms. The van der Waals surface area contributed by atoms with Crippen LogP contribution >= 0.6 is 27.3 Å². The van der Waals surface area contributed by atoms with E-state index in [0.717, 1.165) is 48.8 Å². The van der Waals surface area contributed by atoms with Crippen LogP contribution < -0.4 is 0 Å². The molecule has 0 saturated carbocycles. The first kappa shape index (κ1) is 15.7. The van der Waals surface area contributed by atoms with Crippen LogP contribution in [0.25, 0.3) is 11.0 Å². The lowest BCUT2D eigenvalue weighted by molar-refractivity contribution is 0.0737. The Bertz CT molecular complexity index is 969. The number of hydrogen-bond donors (Lipinski definition) is 0. The Morgan fingerprint density at radius 2 is 2.12 bits per heavy atom. The zero-order valence-electron chi connectivity index (χ0n) is 13.3. The summed E-state index contributed by atoms with van der Waals surface area (Å²) in [7, 11) is 0. The quantitative estimate of drug-likeness (QED) is 0.622. The monoisotopic (exact) mass is 402 g/mol. The second-order valence-corrected chi connectivity index (χ2v) is 8.04. The van der Waals surface area contributed by atoms with Gasteiger partial charge in [0.2, 0.25) is 0 Å². The van der Waals surface area contributed by atoms with Crippen LogP contribution in [0.3, 0.4) is 0 Å². The van der Waals surface area contributed by atoms with E-state index in [4.69, 9.17) is 0 Å². The number of carbonyl (C=O) groups excluding carboxylic acids is 1. The maximum absolute atomic E-state index is 12.8. The van der Waals surface area contributed by atoms with Crippen molar-refractivity contribution in [2.24, 2.45) is 0 Å². The van der Waals surface area contributed by atoms with Gasteiger partial charge in [-0.05, 0) is 47.5 Å². The predicted molar refractivity (Wildman–Crippen MR) is 97.3 cm³/mol. The number of hydrogen-bond acceptors (Lipinski definition) is 5. The number of pyridine rings is 2. The summed E-state index contributed by atoms with van der Waals surface area (Å²) in [5.74, 6) is 0.0659. The average Bonchev–Trinajstić information content (AvgIpc) is 2.90. The van der Waals surface area contributed by atoms with E-state index in [-0.39, 0.29) is 5.91 Å². The van der Waals surface area contributed by atoms with Crippen LogP contribution in [-0.2, 0) is 13.0 Å². The normalized spacial score (nSPS) is 14.0. The highest BCUT2D eigenvalue weighted by molar-refractivity contribution is 9.10. The number of nitrogens with zero attached hydrogens (tertiary/aromatic N) is 4. The molecule has 3 aromatic rings. The lowest BCUT2D eigenvalue weighted by Crippen LogP contribution is -2.36. The molecule has 0 N–H and O–H groups in total. The first-order valence-electron chi connectivity index (χ1n) is 7.68. The third-order valence-electron chi connectivity index (χ3n) is 4.17. The maximum atomic E-state index is 12.8. The fraction of sp³-hybridized carbons (Fsp3) is 0.294. The third-order valence-corrected chi connectivity index (χ3v) is 5.66. The number of carbonyl (C=O) groups is 1. The van der Waals surface area contributed by atoms with Crippen molar-refractivity contribution < 1.29 is 4.79 Å². The molecule has 7 heteroatoms. The van der Waals surface area contributed by atoms with Crippen LogP contribution in [-0.4, -0.2) is 32.3 Å². The van der Waals surface area contributed by atoms with Gasteiger partial charge in [-0.2, -0.15) is 0 Å². The predicted octanol–water partition coefficient (Wildman–Crippen LogP) is 3.66. The van der Waals surface area contributed by atoms with Crippen molar-refractivity contribution in [3.05, 3.63) is 49.6 Å². The highest BCUT2D eigenvalue weighted by Gasteiger charge is 2.25. The second-order valence-electron chi connectivity index (χ2n) is 5.92. The van der Waals surface area contributed by atoms with Crippen LogP contribution in [0.15, 0.2) is 22.8 Å². The minimum Gasteiger partial charge on any atom is -0.333 e. The maximum Gasteiger partial charge on any atom is 0.266 e. The summed E-state index contributed by atoms with van der Waals surface area (Å²) in [6.45, 7) is 5.09. The highest BCUT2D eigenvalue weighted by Crippen LogP contribution is 2.26. The van der Waals surface area contributed by atoms with Crippen molar-refractivity contribution in [3.63, 3.8) is 0 Å². The molecule has 0 radical (unpaired) electrons. The van der Waals surface area contributed by atoms with Crippen LogP contribution in [0.5, 0.6) is 0 Å². The minimum absolute atomic E-state index is 0.0659. The molecule has 122 valence electrons. The van der Waals surface area contributed by atoms with Gasteiger partial charge >= 0.3 is 0 Å².